The summed E-state index contributed by atoms with van der Waals surface area (Å²) in [5.41, 5.74) is -5.19. The first-order valence-electron chi connectivity index (χ1n) is 14.0. The van der Waals surface area contributed by atoms with Crippen LogP contribution in [0.25, 0.3) is 6.08 Å². The van der Waals surface area contributed by atoms with Gasteiger partial charge in [0.25, 0.3) is 0 Å². The highest BCUT2D eigenvalue weighted by Crippen LogP contribution is 2.56. The molecule has 3 aromatic rings. The number of rotatable bonds is 14. The summed E-state index contributed by atoms with van der Waals surface area (Å²) in [6, 6.07) is 13.9. The summed E-state index contributed by atoms with van der Waals surface area (Å²) in [7, 11) is 0. The van der Waals surface area contributed by atoms with E-state index >= 15 is 0 Å². The van der Waals surface area contributed by atoms with Crippen LogP contribution in [0.5, 0.6) is 11.5 Å². The normalized spacial score (nSPS) is 12.2. The summed E-state index contributed by atoms with van der Waals surface area (Å²) in [6.45, 7) is 5.72. The lowest BCUT2D eigenvalue weighted by Crippen LogP contribution is -2.54. The molecule has 0 bridgehead atoms. The minimum atomic E-state index is -5.72. The van der Waals surface area contributed by atoms with Gasteiger partial charge in [-0.2, -0.15) is 26.3 Å². The van der Waals surface area contributed by atoms with Gasteiger partial charge in [-0.15, -0.1) is 0 Å². The van der Waals surface area contributed by atoms with Crippen molar-refractivity contribution < 1.29 is 50.1 Å². The molecule has 0 aliphatic heterocycles. The lowest BCUT2D eigenvalue weighted by molar-refractivity contribution is -0.288. The van der Waals surface area contributed by atoms with Crippen molar-refractivity contribution in [3.63, 3.8) is 0 Å². The zero-order valence-corrected chi connectivity index (χ0v) is 24.4. The molecule has 240 valence electrons. The Labute approximate surface area is 257 Å². The van der Waals surface area contributed by atoms with E-state index in [2.05, 4.69) is 6.58 Å². The standard InChI is InChI=1S/C34H32F6O5/c1-3-30(41)44-23-7-5-4-6-22-43-28-17-10-25(11-18-28)12-21-31(42)45-29-19-15-27(16-20-29)32(33(35,36)37,34(38,39)40)26-13-8-24(2)9-14-26/h3,8-21H,1,4-7,22-23H2,2H3/b21-12+. The molecule has 0 fully saturated rings. The number of esters is 2. The van der Waals surface area contributed by atoms with Gasteiger partial charge in [-0.1, -0.05) is 60.7 Å². The summed E-state index contributed by atoms with van der Waals surface area (Å²) in [5.74, 6) is -0.922. The van der Waals surface area contributed by atoms with E-state index in [4.69, 9.17) is 14.2 Å². The molecule has 0 aromatic heterocycles. The zero-order valence-electron chi connectivity index (χ0n) is 24.4. The van der Waals surface area contributed by atoms with Crippen LogP contribution in [0.15, 0.2) is 91.5 Å². The van der Waals surface area contributed by atoms with Crippen molar-refractivity contribution in [1.82, 2.24) is 0 Å². The summed E-state index contributed by atoms with van der Waals surface area (Å²) >= 11 is 0. The van der Waals surface area contributed by atoms with Crippen LogP contribution in [-0.2, 0) is 19.7 Å². The van der Waals surface area contributed by atoms with Crippen molar-refractivity contribution in [3.8, 4) is 11.5 Å². The number of carbonyl (C=O) groups excluding carboxylic acids is 2. The molecule has 3 aromatic carbocycles. The fourth-order valence-electron chi connectivity index (χ4n) is 4.53. The molecule has 0 aliphatic carbocycles. The van der Waals surface area contributed by atoms with Gasteiger partial charge in [0.05, 0.1) is 13.2 Å². The van der Waals surface area contributed by atoms with E-state index in [0.717, 1.165) is 62.1 Å². The maximum atomic E-state index is 14.3. The van der Waals surface area contributed by atoms with E-state index in [1.165, 1.54) is 18.2 Å². The summed E-state index contributed by atoms with van der Waals surface area (Å²) < 4.78 is 101. The third kappa shape index (κ3) is 9.23. The van der Waals surface area contributed by atoms with Crippen molar-refractivity contribution >= 4 is 18.0 Å². The average Bonchev–Trinajstić information content (AvgIpc) is 2.98. The Kier molecular flexibility index (Phi) is 12.0. The number of ether oxygens (including phenoxy) is 3. The Morgan fingerprint density at radius 2 is 1.20 bits per heavy atom. The molecule has 0 atom stereocenters. The number of hydrogen-bond acceptors (Lipinski definition) is 5. The predicted molar refractivity (Wildman–Crippen MR) is 157 cm³/mol. The number of benzene rings is 3. The molecule has 0 amide bonds. The van der Waals surface area contributed by atoms with E-state index < -0.39 is 40.8 Å². The Hall–Kier alpha value is -4.54. The number of aryl methyl sites for hydroxylation is 1. The van der Waals surface area contributed by atoms with Gasteiger partial charge in [-0.25, -0.2) is 9.59 Å². The molecule has 0 aliphatic rings. The van der Waals surface area contributed by atoms with Gasteiger partial charge in [-0.05, 0) is 79.6 Å². The van der Waals surface area contributed by atoms with Gasteiger partial charge >= 0.3 is 24.3 Å². The molecule has 45 heavy (non-hydrogen) atoms. The number of halogens is 6. The van der Waals surface area contributed by atoms with E-state index in [9.17, 15) is 35.9 Å². The quantitative estimate of drug-likeness (QED) is 0.0584. The molecule has 0 saturated heterocycles. The second-order valence-corrected chi connectivity index (χ2v) is 10.1. The smallest absolute Gasteiger partial charge is 0.411 e. The minimum absolute atomic E-state index is 0.225. The van der Waals surface area contributed by atoms with E-state index in [1.807, 2.05) is 0 Å². The molecule has 0 spiro atoms. The van der Waals surface area contributed by atoms with Crippen LogP contribution in [-0.4, -0.2) is 37.5 Å². The fourth-order valence-corrected chi connectivity index (χ4v) is 4.53. The van der Waals surface area contributed by atoms with Crippen molar-refractivity contribution in [2.45, 2.75) is 50.4 Å². The lowest BCUT2D eigenvalue weighted by Gasteiger charge is -2.38. The third-order valence-corrected chi connectivity index (χ3v) is 6.85. The largest absolute Gasteiger partial charge is 0.494 e. The predicted octanol–water partition coefficient (Wildman–Crippen LogP) is 8.69. The first kappa shape index (κ1) is 34.9. The van der Waals surface area contributed by atoms with Crippen molar-refractivity contribution in [2.24, 2.45) is 0 Å². The molecule has 3 rings (SSSR count). The second kappa shape index (κ2) is 15.5. The van der Waals surface area contributed by atoms with Crippen LogP contribution in [0.4, 0.5) is 26.3 Å². The molecule has 0 unspecified atom stereocenters. The van der Waals surface area contributed by atoms with Crippen LogP contribution in [0.3, 0.4) is 0 Å². The van der Waals surface area contributed by atoms with Gasteiger partial charge < -0.3 is 14.2 Å². The highest BCUT2D eigenvalue weighted by molar-refractivity contribution is 5.88. The molecule has 11 heteroatoms. The molecule has 0 N–H and O–H groups in total. The molecular formula is C34H32F6O5. The highest BCUT2D eigenvalue weighted by Gasteiger charge is 2.72. The molecular weight excluding hydrogens is 602 g/mol. The van der Waals surface area contributed by atoms with Gasteiger partial charge in [0.2, 0.25) is 5.41 Å². The number of carbonyl (C=O) groups is 2. The van der Waals surface area contributed by atoms with Gasteiger partial charge in [0.1, 0.15) is 11.5 Å². The van der Waals surface area contributed by atoms with E-state index in [0.29, 0.717) is 42.2 Å². The molecule has 0 heterocycles. The fraction of sp³-hybridized carbons (Fsp3) is 0.294. The molecule has 0 radical (unpaired) electrons. The van der Waals surface area contributed by atoms with Gasteiger partial charge in [0.15, 0.2) is 0 Å². The highest BCUT2D eigenvalue weighted by atomic mass is 19.4. The first-order valence-corrected chi connectivity index (χ1v) is 14.0. The molecule has 5 nitrogen and oxygen atoms in total. The topological polar surface area (TPSA) is 61.8 Å². The lowest BCUT2D eigenvalue weighted by atomic mass is 9.72. The summed E-state index contributed by atoms with van der Waals surface area (Å²) in [4.78, 5) is 23.3. The third-order valence-electron chi connectivity index (χ3n) is 6.85. The van der Waals surface area contributed by atoms with Crippen LogP contribution >= 0.6 is 0 Å². The second-order valence-electron chi connectivity index (χ2n) is 10.1. The Bertz CT molecular complexity index is 1430. The molecule has 0 saturated carbocycles. The maximum absolute atomic E-state index is 14.3. The SMILES string of the molecule is C=CC(=O)OCCCCCCOc1ccc(/C=C/C(=O)Oc2ccc(C(c3ccc(C)cc3)(C(F)(F)F)C(F)(F)F)cc2)cc1. The number of alkyl halides is 6. The van der Waals surface area contributed by atoms with Gasteiger partial charge in [-0.3, -0.25) is 0 Å². The maximum Gasteiger partial charge on any atom is 0.411 e. The van der Waals surface area contributed by atoms with Crippen LogP contribution in [0.1, 0.15) is 47.9 Å². The monoisotopic (exact) mass is 634 g/mol. The van der Waals surface area contributed by atoms with Crippen LogP contribution in [0, 0.1) is 6.92 Å². The Morgan fingerprint density at radius 1 is 0.689 bits per heavy atom. The minimum Gasteiger partial charge on any atom is -0.494 e. The van der Waals surface area contributed by atoms with Crippen LogP contribution in [0.2, 0.25) is 0 Å². The number of unbranched alkanes of at least 4 members (excludes halogenated alkanes) is 3. The zero-order chi connectivity index (χ0) is 33.1. The number of hydrogen-bond donors (Lipinski definition) is 0. The summed E-state index contributed by atoms with van der Waals surface area (Å²) in [6.07, 6.45) is -4.45. The van der Waals surface area contributed by atoms with Crippen molar-refractivity contribution in [1.29, 1.82) is 0 Å². The first-order chi connectivity index (χ1) is 21.3. The van der Waals surface area contributed by atoms with Crippen LogP contribution < -0.4 is 9.47 Å². The van der Waals surface area contributed by atoms with Crippen molar-refractivity contribution in [2.75, 3.05) is 13.2 Å². The van der Waals surface area contributed by atoms with Crippen molar-refractivity contribution in [3.05, 3.63) is 114 Å². The Balaban J connectivity index is 1.57. The van der Waals surface area contributed by atoms with E-state index in [-0.39, 0.29) is 5.75 Å². The Morgan fingerprint density at radius 3 is 1.73 bits per heavy atom. The van der Waals surface area contributed by atoms with Gasteiger partial charge in [0, 0.05) is 12.2 Å². The van der Waals surface area contributed by atoms with E-state index in [1.54, 1.807) is 31.2 Å². The average molecular weight is 635 g/mol. The summed E-state index contributed by atoms with van der Waals surface area (Å²) in [5, 5.41) is 0.